The Morgan fingerprint density at radius 2 is 1.61 bits per heavy atom. The zero-order valence-electron chi connectivity index (χ0n) is 13.2. The fourth-order valence-corrected chi connectivity index (χ4v) is 5.82. The summed E-state index contributed by atoms with van der Waals surface area (Å²) in [6.07, 6.45) is 8.82. The number of rotatable bonds is 3. The number of nitrogens with zero attached hydrogens (tertiary/aromatic N) is 2. The van der Waals surface area contributed by atoms with Gasteiger partial charge in [0.05, 0.1) is 5.41 Å². The third-order valence-corrected chi connectivity index (χ3v) is 6.49. The fourth-order valence-electron chi connectivity index (χ4n) is 5.70. The third-order valence-electron chi connectivity index (χ3n) is 6.24. The minimum Gasteiger partial charge on any atom is -0.339 e. The molecule has 0 radical (unpaired) electrons. The van der Waals surface area contributed by atoms with Crippen molar-refractivity contribution in [1.82, 2.24) is 10.1 Å². The Morgan fingerprint density at radius 3 is 2.22 bits per heavy atom. The standard InChI is InChI=1S/C19H21ClN2O/c20-16-3-1-12(2-4-16)8-17-21-18(23-22-17)19-9-13-5-14(10-19)7-15(6-13)11-19/h1-4,13-15H,5-11H2. The first-order chi connectivity index (χ1) is 11.2. The molecule has 0 spiro atoms. The van der Waals surface area contributed by atoms with Crippen molar-refractivity contribution in [3.8, 4) is 0 Å². The Hall–Kier alpha value is -1.35. The van der Waals surface area contributed by atoms with Gasteiger partial charge in [0.1, 0.15) is 0 Å². The molecule has 1 heterocycles. The van der Waals surface area contributed by atoms with Gasteiger partial charge in [0.15, 0.2) is 5.82 Å². The van der Waals surface area contributed by atoms with Gasteiger partial charge in [0.2, 0.25) is 5.89 Å². The maximum absolute atomic E-state index is 5.95. The Bertz CT molecular complexity index is 686. The van der Waals surface area contributed by atoms with Crippen LogP contribution in [0.25, 0.3) is 0 Å². The van der Waals surface area contributed by atoms with Gasteiger partial charge in [-0.15, -0.1) is 0 Å². The second-order valence-electron chi connectivity index (χ2n) is 8.02. The van der Waals surface area contributed by atoms with Crippen molar-refractivity contribution in [3.63, 3.8) is 0 Å². The highest BCUT2D eigenvalue weighted by molar-refractivity contribution is 6.30. The molecule has 1 aromatic heterocycles. The highest BCUT2D eigenvalue weighted by Gasteiger charge is 2.54. The Balaban J connectivity index is 1.40. The number of hydrogen-bond acceptors (Lipinski definition) is 3. The fraction of sp³-hybridized carbons (Fsp3) is 0.579. The van der Waals surface area contributed by atoms with Crippen LogP contribution < -0.4 is 0 Å². The van der Waals surface area contributed by atoms with E-state index in [-0.39, 0.29) is 5.41 Å². The van der Waals surface area contributed by atoms with Crippen LogP contribution in [0.2, 0.25) is 5.02 Å². The molecule has 23 heavy (non-hydrogen) atoms. The van der Waals surface area contributed by atoms with E-state index in [0.717, 1.165) is 34.5 Å². The van der Waals surface area contributed by atoms with E-state index in [1.807, 2.05) is 24.3 Å². The highest BCUT2D eigenvalue weighted by Crippen LogP contribution is 2.60. The molecular weight excluding hydrogens is 308 g/mol. The molecule has 4 aliphatic rings. The quantitative estimate of drug-likeness (QED) is 0.813. The third kappa shape index (κ3) is 2.40. The maximum atomic E-state index is 5.95. The van der Waals surface area contributed by atoms with Crippen molar-refractivity contribution < 1.29 is 4.52 Å². The van der Waals surface area contributed by atoms with Gasteiger partial charge >= 0.3 is 0 Å². The van der Waals surface area contributed by atoms with E-state index in [0.29, 0.717) is 6.42 Å². The van der Waals surface area contributed by atoms with E-state index in [4.69, 9.17) is 21.1 Å². The van der Waals surface area contributed by atoms with Crippen LogP contribution in [0.4, 0.5) is 0 Å². The van der Waals surface area contributed by atoms with Gasteiger partial charge in [-0.1, -0.05) is 28.9 Å². The normalized spacial score (nSPS) is 34.9. The molecule has 0 saturated heterocycles. The first-order valence-electron chi connectivity index (χ1n) is 8.76. The Morgan fingerprint density at radius 1 is 1.00 bits per heavy atom. The van der Waals surface area contributed by atoms with Crippen molar-refractivity contribution in [2.24, 2.45) is 17.8 Å². The molecule has 0 aliphatic heterocycles. The Kier molecular flexibility index (Phi) is 3.09. The van der Waals surface area contributed by atoms with Crippen LogP contribution in [0.1, 0.15) is 55.8 Å². The summed E-state index contributed by atoms with van der Waals surface area (Å²) < 4.78 is 5.76. The van der Waals surface area contributed by atoms with Gasteiger partial charge in [-0.05, 0) is 74.0 Å². The van der Waals surface area contributed by atoms with Gasteiger partial charge in [-0.3, -0.25) is 0 Å². The van der Waals surface area contributed by atoms with E-state index in [1.54, 1.807) is 0 Å². The van der Waals surface area contributed by atoms with Crippen LogP contribution in [0.15, 0.2) is 28.8 Å². The zero-order chi connectivity index (χ0) is 15.4. The van der Waals surface area contributed by atoms with Crippen LogP contribution in [-0.4, -0.2) is 10.1 Å². The van der Waals surface area contributed by atoms with Gasteiger partial charge < -0.3 is 4.52 Å². The lowest BCUT2D eigenvalue weighted by molar-refractivity contribution is -0.0201. The molecule has 0 atom stereocenters. The molecule has 4 aliphatic carbocycles. The first kappa shape index (κ1) is 14.0. The highest BCUT2D eigenvalue weighted by atomic mass is 35.5. The molecule has 1 aromatic carbocycles. The summed E-state index contributed by atoms with van der Waals surface area (Å²) in [7, 11) is 0. The summed E-state index contributed by atoms with van der Waals surface area (Å²) >= 11 is 5.95. The second-order valence-corrected chi connectivity index (χ2v) is 8.45. The lowest BCUT2D eigenvalue weighted by atomic mass is 9.49. The van der Waals surface area contributed by atoms with Gasteiger partial charge in [-0.2, -0.15) is 4.98 Å². The zero-order valence-corrected chi connectivity index (χ0v) is 13.9. The molecule has 4 fully saturated rings. The summed E-state index contributed by atoms with van der Waals surface area (Å²) in [6.45, 7) is 0. The van der Waals surface area contributed by atoms with E-state index < -0.39 is 0 Å². The molecule has 4 bridgehead atoms. The molecule has 0 unspecified atom stereocenters. The molecule has 4 saturated carbocycles. The van der Waals surface area contributed by atoms with Crippen molar-refractivity contribution in [2.75, 3.05) is 0 Å². The minimum absolute atomic E-state index is 0.194. The maximum Gasteiger partial charge on any atom is 0.232 e. The van der Waals surface area contributed by atoms with Gasteiger partial charge in [-0.25, -0.2) is 0 Å². The van der Waals surface area contributed by atoms with Crippen LogP contribution in [0.5, 0.6) is 0 Å². The summed E-state index contributed by atoms with van der Waals surface area (Å²) in [5.41, 5.74) is 1.37. The second kappa shape index (κ2) is 5.07. The first-order valence-corrected chi connectivity index (χ1v) is 9.14. The van der Waals surface area contributed by atoms with Crippen LogP contribution in [-0.2, 0) is 11.8 Å². The summed E-state index contributed by atoms with van der Waals surface area (Å²) in [4.78, 5) is 4.81. The molecule has 2 aromatic rings. The number of halogens is 1. The predicted molar refractivity (Wildman–Crippen MR) is 88.4 cm³/mol. The van der Waals surface area contributed by atoms with Crippen molar-refractivity contribution in [3.05, 3.63) is 46.6 Å². The number of benzene rings is 1. The summed E-state index contributed by atoms with van der Waals surface area (Å²) in [5, 5.41) is 5.03. The van der Waals surface area contributed by atoms with Gasteiger partial charge in [0.25, 0.3) is 0 Å². The van der Waals surface area contributed by atoms with Gasteiger partial charge in [0, 0.05) is 11.4 Å². The van der Waals surface area contributed by atoms with E-state index in [2.05, 4.69) is 5.16 Å². The minimum atomic E-state index is 0.194. The molecular formula is C19H21ClN2O. The van der Waals surface area contributed by atoms with Crippen molar-refractivity contribution in [2.45, 2.75) is 50.4 Å². The predicted octanol–water partition coefficient (Wildman–Crippen LogP) is 4.78. The lowest BCUT2D eigenvalue weighted by Gasteiger charge is -2.55. The largest absolute Gasteiger partial charge is 0.339 e. The molecule has 0 N–H and O–H groups in total. The number of hydrogen-bond donors (Lipinski definition) is 0. The molecule has 0 amide bonds. The average molecular weight is 329 g/mol. The van der Waals surface area contributed by atoms with Crippen LogP contribution in [0, 0.1) is 17.8 Å². The number of aromatic nitrogens is 2. The van der Waals surface area contributed by atoms with Crippen LogP contribution in [0.3, 0.4) is 0 Å². The molecule has 3 nitrogen and oxygen atoms in total. The summed E-state index contributed by atoms with van der Waals surface area (Å²) in [5.74, 6) is 4.41. The van der Waals surface area contributed by atoms with Crippen molar-refractivity contribution in [1.29, 1.82) is 0 Å². The smallest absolute Gasteiger partial charge is 0.232 e. The van der Waals surface area contributed by atoms with Crippen molar-refractivity contribution >= 4 is 11.6 Å². The molecule has 6 rings (SSSR count). The Labute approximate surface area is 141 Å². The lowest BCUT2D eigenvalue weighted by Crippen LogP contribution is -2.48. The molecule has 120 valence electrons. The van der Waals surface area contributed by atoms with E-state index in [1.165, 1.54) is 44.1 Å². The van der Waals surface area contributed by atoms with E-state index >= 15 is 0 Å². The SMILES string of the molecule is Clc1ccc(Cc2noc(C34CC5CC(CC(C5)C3)C4)n2)cc1. The average Bonchev–Trinajstić information content (AvgIpc) is 2.98. The molecule has 4 heteroatoms. The summed E-state index contributed by atoms with van der Waals surface area (Å²) in [6, 6.07) is 7.89. The topological polar surface area (TPSA) is 38.9 Å². The van der Waals surface area contributed by atoms with E-state index in [9.17, 15) is 0 Å². The monoisotopic (exact) mass is 328 g/mol. The van der Waals surface area contributed by atoms with Crippen LogP contribution >= 0.6 is 11.6 Å².